The van der Waals surface area contributed by atoms with Crippen molar-refractivity contribution in [1.82, 2.24) is 0 Å². The Kier molecular flexibility index (Phi) is 3.24. The van der Waals surface area contributed by atoms with Crippen LogP contribution in [0.25, 0.3) is 0 Å². The first-order valence-corrected chi connectivity index (χ1v) is 6.02. The molecular formula is C13H18O4. The molecule has 1 fully saturated rings. The van der Waals surface area contributed by atoms with Crippen LogP contribution in [0.3, 0.4) is 0 Å². The van der Waals surface area contributed by atoms with Crippen LogP contribution in [0.4, 0.5) is 0 Å². The highest BCUT2D eigenvalue weighted by Crippen LogP contribution is 2.45. The van der Waals surface area contributed by atoms with E-state index in [-0.39, 0.29) is 11.7 Å². The quantitative estimate of drug-likeness (QED) is 0.822. The van der Waals surface area contributed by atoms with Gasteiger partial charge < -0.3 is 14.3 Å². The second-order valence-corrected chi connectivity index (χ2v) is 4.58. The second kappa shape index (κ2) is 4.53. The van der Waals surface area contributed by atoms with Crippen LogP contribution in [-0.2, 0) is 10.3 Å². The molecule has 17 heavy (non-hydrogen) atoms. The van der Waals surface area contributed by atoms with Gasteiger partial charge >= 0.3 is 5.97 Å². The maximum absolute atomic E-state index is 11.3. The molecule has 1 heterocycles. The maximum atomic E-state index is 11.3. The molecule has 0 radical (unpaired) electrons. The first-order valence-electron chi connectivity index (χ1n) is 6.02. The van der Waals surface area contributed by atoms with Gasteiger partial charge in [-0.15, -0.1) is 0 Å². The van der Waals surface area contributed by atoms with Gasteiger partial charge in [-0.05, 0) is 37.3 Å². The monoisotopic (exact) mass is 238 g/mol. The second-order valence-electron chi connectivity index (χ2n) is 4.58. The molecule has 2 atom stereocenters. The van der Waals surface area contributed by atoms with Crippen LogP contribution in [-0.4, -0.2) is 18.2 Å². The van der Waals surface area contributed by atoms with E-state index in [1.807, 2.05) is 0 Å². The summed E-state index contributed by atoms with van der Waals surface area (Å²) in [6.07, 6.45) is 3.59. The average molecular weight is 238 g/mol. The van der Waals surface area contributed by atoms with Gasteiger partial charge in [0.2, 0.25) is 5.76 Å². The Balaban J connectivity index is 2.27. The van der Waals surface area contributed by atoms with Crippen LogP contribution < -0.4 is 0 Å². The summed E-state index contributed by atoms with van der Waals surface area (Å²) in [6.45, 7) is 2.06. The number of rotatable bonds is 3. The van der Waals surface area contributed by atoms with E-state index in [0.29, 0.717) is 12.2 Å². The molecule has 0 saturated heterocycles. The molecule has 2 rings (SSSR count). The minimum Gasteiger partial charge on any atom is -0.463 e. The van der Waals surface area contributed by atoms with E-state index < -0.39 is 11.6 Å². The number of carbonyl (C=O) groups excluding carboxylic acids is 1. The molecule has 94 valence electrons. The fourth-order valence-corrected chi connectivity index (χ4v) is 2.71. The number of hydrogen-bond acceptors (Lipinski definition) is 4. The number of carbonyl (C=O) groups is 1. The van der Waals surface area contributed by atoms with Crippen molar-refractivity contribution in [3.63, 3.8) is 0 Å². The van der Waals surface area contributed by atoms with E-state index in [2.05, 4.69) is 11.7 Å². The highest BCUT2D eigenvalue weighted by atomic mass is 16.5. The summed E-state index contributed by atoms with van der Waals surface area (Å²) in [5.74, 6) is 0.338. The number of hydrogen-bond donors (Lipinski definition) is 1. The normalized spacial score (nSPS) is 28.3. The van der Waals surface area contributed by atoms with E-state index in [1.54, 1.807) is 12.1 Å². The van der Waals surface area contributed by atoms with Gasteiger partial charge in [-0.2, -0.15) is 0 Å². The molecule has 4 heteroatoms. The third-order valence-corrected chi connectivity index (χ3v) is 3.70. The Hall–Kier alpha value is -1.29. The lowest BCUT2D eigenvalue weighted by Gasteiger charge is -2.27. The minimum atomic E-state index is -0.916. The zero-order valence-electron chi connectivity index (χ0n) is 10.2. The van der Waals surface area contributed by atoms with Crippen molar-refractivity contribution < 1.29 is 19.1 Å². The van der Waals surface area contributed by atoms with Crippen molar-refractivity contribution in [2.24, 2.45) is 5.92 Å². The van der Waals surface area contributed by atoms with Gasteiger partial charge in [0.1, 0.15) is 11.4 Å². The summed E-state index contributed by atoms with van der Waals surface area (Å²) < 4.78 is 10.0. The number of furan rings is 1. The van der Waals surface area contributed by atoms with Crippen molar-refractivity contribution in [3.05, 3.63) is 23.7 Å². The summed E-state index contributed by atoms with van der Waals surface area (Å²) in [7, 11) is 1.31. The van der Waals surface area contributed by atoms with Crippen molar-refractivity contribution in [3.8, 4) is 0 Å². The van der Waals surface area contributed by atoms with Crippen LogP contribution in [0.5, 0.6) is 0 Å². The molecular weight excluding hydrogens is 220 g/mol. The first kappa shape index (κ1) is 12.2. The summed E-state index contributed by atoms with van der Waals surface area (Å²) >= 11 is 0. The Morgan fingerprint density at radius 1 is 1.65 bits per heavy atom. The first-order chi connectivity index (χ1) is 8.11. The standard InChI is InChI=1S/C13H18O4/c1-3-9-5-4-8-13(9,15)11-7-6-10(17-11)12(14)16-2/h6-7,9,15H,3-5,8H2,1-2H3. The Morgan fingerprint density at radius 3 is 3.06 bits per heavy atom. The van der Waals surface area contributed by atoms with Gasteiger partial charge in [0.05, 0.1) is 7.11 Å². The van der Waals surface area contributed by atoms with Gasteiger partial charge in [0.25, 0.3) is 0 Å². The summed E-state index contributed by atoms with van der Waals surface area (Å²) in [5.41, 5.74) is -0.916. The number of methoxy groups -OCH3 is 1. The molecule has 0 aliphatic heterocycles. The van der Waals surface area contributed by atoms with Crippen LogP contribution >= 0.6 is 0 Å². The number of ether oxygens (including phenoxy) is 1. The van der Waals surface area contributed by atoms with E-state index >= 15 is 0 Å². The lowest BCUT2D eigenvalue weighted by atomic mass is 9.86. The summed E-state index contributed by atoms with van der Waals surface area (Å²) in [5, 5.41) is 10.6. The van der Waals surface area contributed by atoms with Gasteiger partial charge in [-0.1, -0.05) is 13.3 Å². The fourth-order valence-electron chi connectivity index (χ4n) is 2.71. The molecule has 1 saturated carbocycles. The highest BCUT2D eigenvalue weighted by molar-refractivity contribution is 5.86. The van der Waals surface area contributed by atoms with Crippen molar-refractivity contribution in [1.29, 1.82) is 0 Å². The van der Waals surface area contributed by atoms with Gasteiger partial charge in [0.15, 0.2) is 0 Å². The largest absolute Gasteiger partial charge is 0.463 e. The predicted molar refractivity (Wildman–Crippen MR) is 61.6 cm³/mol. The van der Waals surface area contributed by atoms with Crippen LogP contribution in [0.2, 0.25) is 0 Å². The summed E-state index contributed by atoms with van der Waals surface area (Å²) in [6, 6.07) is 3.24. The molecule has 2 unspecified atom stereocenters. The lowest BCUT2D eigenvalue weighted by Crippen LogP contribution is -2.29. The van der Waals surface area contributed by atoms with Crippen LogP contribution in [0, 0.1) is 5.92 Å². The third kappa shape index (κ3) is 1.97. The van der Waals surface area contributed by atoms with Gasteiger partial charge in [-0.25, -0.2) is 4.79 Å². The van der Waals surface area contributed by atoms with Crippen molar-refractivity contribution in [2.75, 3.05) is 7.11 Å². The molecule has 0 spiro atoms. The van der Waals surface area contributed by atoms with E-state index in [9.17, 15) is 9.90 Å². The zero-order chi connectivity index (χ0) is 12.5. The molecule has 4 nitrogen and oxygen atoms in total. The topological polar surface area (TPSA) is 59.7 Å². The Labute approximate surface area is 101 Å². The van der Waals surface area contributed by atoms with Crippen molar-refractivity contribution >= 4 is 5.97 Å². The van der Waals surface area contributed by atoms with Gasteiger partial charge in [0, 0.05) is 0 Å². The summed E-state index contributed by atoms with van der Waals surface area (Å²) in [4.78, 5) is 11.3. The van der Waals surface area contributed by atoms with Crippen LogP contribution in [0.15, 0.2) is 16.5 Å². The minimum absolute atomic E-state index is 0.151. The third-order valence-electron chi connectivity index (χ3n) is 3.70. The maximum Gasteiger partial charge on any atom is 0.373 e. The van der Waals surface area contributed by atoms with E-state index in [1.165, 1.54) is 7.11 Å². The number of esters is 1. The smallest absolute Gasteiger partial charge is 0.373 e. The molecule has 1 aliphatic carbocycles. The molecule has 0 bridgehead atoms. The zero-order valence-corrected chi connectivity index (χ0v) is 10.2. The molecule has 1 aromatic heterocycles. The highest BCUT2D eigenvalue weighted by Gasteiger charge is 2.44. The Morgan fingerprint density at radius 2 is 2.41 bits per heavy atom. The van der Waals surface area contributed by atoms with E-state index in [0.717, 1.165) is 19.3 Å². The SMILES string of the molecule is CCC1CCCC1(O)c1ccc(C(=O)OC)o1. The van der Waals surface area contributed by atoms with Crippen molar-refractivity contribution in [2.45, 2.75) is 38.2 Å². The predicted octanol–water partition coefficient (Wildman–Crippen LogP) is 2.46. The number of aliphatic hydroxyl groups is 1. The molecule has 1 aromatic rings. The van der Waals surface area contributed by atoms with Crippen LogP contribution in [0.1, 0.15) is 48.9 Å². The molecule has 1 N–H and O–H groups in total. The molecule has 1 aliphatic rings. The van der Waals surface area contributed by atoms with E-state index in [4.69, 9.17) is 4.42 Å². The fraction of sp³-hybridized carbons (Fsp3) is 0.615. The average Bonchev–Trinajstić information content (AvgIpc) is 2.95. The van der Waals surface area contributed by atoms with Gasteiger partial charge in [-0.3, -0.25) is 0 Å². The lowest BCUT2D eigenvalue weighted by molar-refractivity contribution is -0.0243. The Bertz CT molecular complexity index is 409. The molecule has 0 amide bonds. The molecule has 0 aromatic carbocycles.